The van der Waals surface area contributed by atoms with Gasteiger partial charge in [0.05, 0.1) is 30.5 Å². The number of allylic oxidation sites excluding steroid dienone is 1. The fourth-order valence-corrected chi connectivity index (χ4v) is 5.96. The number of benzene rings is 2. The first-order valence-electron chi connectivity index (χ1n) is 11.4. The lowest BCUT2D eigenvalue weighted by atomic mass is 9.83. The van der Waals surface area contributed by atoms with Crippen LogP contribution in [-0.4, -0.2) is 23.8 Å². The number of aromatic nitrogens is 2. The Kier molecular flexibility index (Phi) is 5.34. The predicted octanol–water partition coefficient (Wildman–Crippen LogP) is 3.73. The molecule has 0 saturated carbocycles. The molecule has 0 fully saturated rings. The van der Waals surface area contributed by atoms with Gasteiger partial charge in [0.15, 0.2) is 4.80 Å². The summed E-state index contributed by atoms with van der Waals surface area (Å²) in [5, 5.41) is 0. The summed E-state index contributed by atoms with van der Waals surface area (Å²) in [6.45, 7) is 0. The van der Waals surface area contributed by atoms with Crippen LogP contribution in [0.2, 0.25) is 0 Å². The summed E-state index contributed by atoms with van der Waals surface area (Å²) in [5.74, 6) is 1.43. The van der Waals surface area contributed by atoms with Crippen molar-refractivity contribution in [3.8, 4) is 11.5 Å². The smallest absolute Gasteiger partial charge is 0.271 e. The molecule has 3 heterocycles. The lowest BCUT2D eigenvalue weighted by Gasteiger charge is -2.31. The lowest BCUT2D eigenvalue weighted by Crippen LogP contribution is -2.39. The van der Waals surface area contributed by atoms with E-state index in [0.29, 0.717) is 15.1 Å². The first-order valence-corrected chi connectivity index (χ1v) is 12.2. The number of aryl methyl sites for hydroxylation is 1. The maximum Gasteiger partial charge on any atom is 0.271 e. The standard InChI is InChI=1S/C28H23N3O3S/c1-33-19-8-10-23(34-2)22(16-19)26-21-9-7-18-5-3-4-6-20(18)25(21)30-28-31(26)27(32)24(35-28)15-17-11-13-29-14-12-17/h3-6,8,10-16,26H,7,9H2,1-2H3/b24-15-/t26-/m1/s1. The van der Waals surface area contributed by atoms with E-state index >= 15 is 0 Å². The number of fused-ring (bicyclic) bond motifs is 3. The van der Waals surface area contributed by atoms with Crippen molar-refractivity contribution in [3.63, 3.8) is 0 Å². The molecule has 1 aliphatic carbocycles. The van der Waals surface area contributed by atoms with E-state index < -0.39 is 0 Å². The van der Waals surface area contributed by atoms with Gasteiger partial charge in [-0.1, -0.05) is 35.6 Å². The molecule has 0 saturated heterocycles. The molecule has 0 N–H and O–H groups in total. The zero-order chi connectivity index (χ0) is 23.9. The average molecular weight is 482 g/mol. The fraction of sp³-hybridized carbons (Fsp3) is 0.179. The van der Waals surface area contributed by atoms with Gasteiger partial charge in [0.25, 0.3) is 5.56 Å². The number of hydrogen-bond acceptors (Lipinski definition) is 6. The molecule has 0 spiro atoms. The summed E-state index contributed by atoms with van der Waals surface area (Å²) < 4.78 is 13.8. The van der Waals surface area contributed by atoms with Crippen LogP contribution in [0.4, 0.5) is 0 Å². The van der Waals surface area contributed by atoms with Crippen molar-refractivity contribution >= 4 is 23.1 Å². The minimum Gasteiger partial charge on any atom is -0.497 e. The van der Waals surface area contributed by atoms with Crippen molar-refractivity contribution in [1.82, 2.24) is 9.55 Å². The van der Waals surface area contributed by atoms with E-state index in [1.165, 1.54) is 16.9 Å². The number of methoxy groups -OCH3 is 2. The highest BCUT2D eigenvalue weighted by atomic mass is 32.1. The second-order valence-electron chi connectivity index (χ2n) is 8.50. The van der Waals surface area contributed by atoms with Crippen LogP contribution in [-0.2, 0) is 6.42 Å². The van der Waals surface area contributed by atoms with Crippen molar-refractivity contribution < 1.29 is 9.47 Å². The van der Waals surface area contributed by atoms with Crippen LogP contribution < -0.4 is 24.4 Å². The third kappa shape index (κ3) is 3.59. The van der Waals surface area contributed by atoms with E-state index in [1.807, 2.05) is 47.0 Å². The monoisotopic (exact) mass is 481 g/mol. The SMILES string of the molecule is COc1ccc(OC)c([C@H]2C3=C(N=c4s/c(=C\c5ccncc5)c(=O)n42)c2ccccc2CC3)c1. The normalized spacial score (nSPS) is 16.7. The Morgan fingerprint density at radius 3 is 2.66 bits per heavy atom. The van der Waals surface area contributed by atoms with Crippen LogP contribution in [0.5, 0.6) is 11.5 Å². The van der Waals surface area contributed by atoms with Gasteiger partial charge < -0.3 is 9.47 Å². The Morgan fingerprint density at radius 1 is 1.03 bits per heavy atom. The molecule has 2 aliphatic rings. The van der Waals surface area contributed by atoms with Gasteiger partial charge in [-0.05, 0) is 65.9 Å². The largest absolute Gasteiger partial charge is 0.497 e. The third-order valence-corrected chi connectivity index (χ3v) is 7.59. The predicted molar refractivity (Wildman–Crippen MR) is 137 cm³/mol. The van der Waals surface area contributed by atoms with Crippen LogP contribution in [0, 0.1) is 0 Å². The lowest BCUT2D eigenvalue weighted by molar-refractivity contribution is 0.392. The minimum atomic E-state index is -0.334. The van der Waals surface area contributed by atoms with Crippen molar-refractivity contribution in [2.75, 3.05) is 14.2 Å². The molecule has 0 amide bonds. The summed E-state index contributed by atoms with van der Waals surface area (Å²) in [5.41, 5.74) is 6.25. The maximum absolute atomic E-state index is 13.8. The van der Waals surface area contributed by atoms with E-state index in [0.717, 1.165) is 46.6 Å². The van der Waals surface area contributed by atoms with Gasteiger partial charge in [-0.15, -0.1) is 0 Å². The molecule has 2 aromatic carbocycles. The maximum atomic E-state index is 13.8. The molecule has 35 heavy (non-hydrogen) atoms. The van der Waals surface area contributed by atoms with Gasteiger partial charge in [0.2, 0.25) is 0 Å². The molecule has 174 valence electrons. The van der Waals surface area contributed by atoms with E-state index in [9.17, 15) is 4.79 Å². The Balaban J connectivity index is 1.67. The zero-order valence-corrected chi connectivity index (χ0v) is 20.2. The molecule has 1 aliphatic heterocycles. The van der Waals surface area contributed by atoms with Gasteiger partial charge >= 0.3 is 0 Å². The summed E-state index contributed by atoms with van der Waals surface area (Å²) >= 11 is 1.41. The molecule has 1 atom stereocenters. The summed E-state index contributed by atoms with van der Waals surface area (Å²) in [7, 11) is 3.30. The summed E-state index contributed by atoms with van der Waals surface area (Å²) in [6.07, 6.45) is 7.07. The second-order valence-corrected chi connectivity index (χ2v) is 9.51. The highest BCUT2D eigenvalue weighted by Gasteiger charge is 2.34. The molecule has 6 nitrogen and oxygen atoms in total. The van der Waals surface area contributed by atoms with Gasteiger partial charge in [-0.25, -0.2) is 4.99 Å². The highest BCUT2D eigenvalue weighted by molar-refractivity contribution is 7.07. The van der Waals surface area contributed by atoms with Crippen LogP contribution >= 0.6 is 11.3 Å². The van der Waals surface area contributed by atoms with E-state index in [2.05, 4.69) is 23.2 Å². The molecule has 0 radical (unpaired) electrons. The average Bonchev–Trinajstić information content (AvgIpc) is 3.21. The quantitative estimate of drug-likeness (QED) is 0.446. The second kappa shape index (κ2) is 8.67. The first-order chi connectivity index (χ1) is 17.2. The van der Waals surface area contributed by atoms with Gasteiger partial charge in [0, 0.05) is 23.5 Å². The molecule has 7 heteroatoms. The number of rotatable bonds is 4. The summed E-state index contributed by atoms with van der Waals surface area (Å²) in [6, 6.07) is 17.6. The number of thiazole rings is 1. The van der Waals surface area contributed by atoms with E-state index in [-0.39, 0.29) is 11.6 Å². The molecule has 0 bridgehead atoms. The van der Waals surface area contributed by atoms with Crippen molar-refractivity contribution in [2.45, 2.75) is 18.9 Å². The Labute approximate surface area is 206 Å². The van der Waals surface area contributed by atoms with Crippen LogP contribution in [0.15, 0.2) is 82.4 Å². The molecular formula is C28H23N3O3S. The first kappa shape index (κ1) is 21.6. The Morgan fingerprint density at radius 2 is 1.86 bits per heavy atom. The van der Waals surface area contributed by atoms with Crippen LogP contribution in [0.3, 0.4) is 0 Å². The van der Waals surface area contributed by atoms with E-state index in [1.54, 1.807) is 26.6 Å². The Bertz CT molecular complexity index is 1650. The van der Waals surface area contributed by atoms with Crippen molar-refractivity contribution in [3.05, 3.63) is 115 Å². The zero-order valence-electron chi connectivity index (χ0n) is 19.4. The molecule has 6 rings (SSSR count). The molecule has 4 aromatic rings. The topological polar surface area (TPSA) is 65.7 Å². The Hall–Kier alpha value is -3.97. The van der Waals surface area contributed by atoms with Crippen LogP contribution in [0.25, 0.3) is 11.8 Å². The highest BCUT2D eigenvalue weighted by Crippen LogP contribution is 2.44. The number of nitrogens with zero attached hydrogens (tertiary/aromatic N) is 3. The van der Waals surface area contributed by atoms with E-state index in [4.69, 9.17) is 14.5 Å². The molecule has 0 unspecified atom stereocenters. The summed E-state index contributed by atoms with van der Waals surface area (Å²) in [4.78, 5) is 23.7. The number of hydrogen-bond donors (Lipinski definition) is 0. The van der Waals surface area contributed by atoms with Gasteiger partial charge in [-0.2, -0.15) is 0 Å². The number of pyridine rings is 1. The van der Waals surface area contributed by atoms with Crippen LogP contribution in [0.1, 0.15) is 34.7 Å². The molecule has 2 aromatic heterocycles. The minimum absolute atomic E-state index is 0.0640. The fourth-order valence-electron chi connectivity index (χ4n) is 4.96. The van der Waals surface area contributed by atoms with Gasteiger partial charge in [0.1, 0.15) is 11.5 Å². The van der Waals surface area contributed by atoms with Crippen molar-refractivity contribution in [1.29, 1.82) is 0 Å². The number of ether oxygens (including phenoxy) is 2. The van der Waals surface area contributed by atoms with Crippen molar-refractivity contribution in [2.24, 2.45) is 4.99 Å². The molecular weight excluding hydrogens is 458 g/mol. The third-order valence-electron chi connectivity index (χ3n) is 6.61. The van der Waals surface area contributed by atoms with Gasteiger partial charge in [-0.3, -0.25) is 14.3 Å².